The molecule has 0 aromatic heterocycles. The number of aryl methyl sites for hydroxylation is 1. The first-order valence-corrected chi connectivity index (χ1v) is 6.17. The van der Waals surface area contributed by atoms with Crippen LogP contribution in [0.15, 0.2) is 54.6 Å². The average Bonchev–Trinajstić information content (AvgIpc) is 2.41. The van der Waals surface area contributed by atoms with Crippen molar-refractivity contribution in [2.75, 3.05) is 5.32 Å². The minimum Gasteiger partial charge on any atom is -0.325 e. The summed E-state index contributed by atoms with van der Waals surface area (Å²) in [5.41, 5.74) is 2.70. The van der Waals surface area contributed by atoms with Crippen LogP contribution in [0.25, 0.3) is 0 Å². The molecule has 0 aliphatic heterocycles. The molecule has 0 aliphatic rings. The summed E-state index contributed by atoms with van der Waals surface area (Å²) in [6, 6.07) is 16.9. The molecule has 2 rings (SSSR count). The fraction of sp³-hybridized carbons (Fsp3) is 0.133. The van der Waals surface area contributed by atoms with E-state index in [9.17, 15) is 4.79 Å². The van der Waals surface area contributed by atoms with Gasteiger partial charge < -0.3 is 5.32 Å². The highest BCUT2D eigenvalue weighted by atomic mass is 35.5. The predicted molar refractivity (Wildman–Crippen MR) is 74.8 cm³/mol. The number of carbonyl (C=O) groups is 1. The Balaban J connectivity index is 2.06. The molecule has 3 heteroatoms. The van der Waals surface area contributed by atoms with E-state index in [-0.39, 0.29) is 5.91 Å². The van der Waals surface area contributed by atoms with Crippen molar-refractivity contribution in [1.29, 1.82) is 0 Å². The molecule has 0 saturated carbocycles. The zero-order valence-corrected chi connectivity index (χ0v) is 10.8. The largest absolute Gasteiger partial charge is 0.325 e. The van der Waals surface area contributed by atoms with Gasteiger partial charge in [-0.05, 0) is 24.6 Å². The minimum atomic E-state index is -0.674. The molecule has 0 radical (unpaired) electrons. The van der Waals surface area contributed by atoms with E-state index in [1.165, 1.54) is 0 Å². The SMILES string of the molecule is Cc1ccc(NC(=O)C(Cl)c2ccccc2)cc1. The topological polar surface area (TPSA) is 29.1 Å². The van der Waals surface area contributed by atoms with E-state index in [0.29, 0.717) is 0 Å². The third-order valence-electron chi connectivity index (χ3n) is 2.64. The zero-order chi connectivity index (χ0) is 13.0. The minimum absolute atomic E-state index is 0.216. The number of alkyl halides is 1. The van der Waals surface area contributed by atoms with Crippen LogP contribution in [0.2, 0.25) is 0 Å². The number of nitrogens with one attached hydrogen (secondary N) is 1. The molecule has 1 N–H and O–H groups in total. The van der Waals surface area contributed by atoms with E-state index in [2.05, 4.69) is 5.32 Å². The standard InChI is InChI=1S/C15H14ClNO/c1-11-7-9-13(10-8-11)17-15(18)14(16)12-5-3-2-4-6-12/h2-10,14H,1H3,(H,17,18). The van der Waals surface area contributed by atoms with Crippen LogP contribution in [0.3, 0.4) is 0 Å². The molecular weight excluding hydrogens is 246 g/mol. The van der Waals surface area contributed by atoms with Crippen molar-refractivity contribution in [3.8, 4) is 0 Å². The number of hydrogen-bond acceptors (Lipinski definition) is 1. The van der Waals surface area contributed by atoms with Gasteiger partial charge >= 0.3 is 0 Å². The fourth-order valence-corrected chi connectivity index (χ4v) is 1.82. The lowest BCUT2D eigenvalue weighted by atomic mass is 10.1. The smallest absolute Gasteiger partial charge is 0.246 e. The van der Waals surface area contributed by atoms with Gasteiger partial charge in [-0.2, -0.15) is 0 Å². The lowest BCUT2D eigenvalue weighted by Gasteiger charge is -2.10. The maximum atomic E-state index is 12.0. The molecule has 0 saturated heterocycles. The normalized spacial score (nSPS) is 11.9. The molecule has 0 bridgehead atoms. The van der Waals surface area contributed by atoms with Crippen molar-refractivity contribution in [3.63, 3.8) is 0 Å². The van der Waals surface area contributed by atoms with Gasteiger partial charge in [0.25, 0.3) is 0 Å². The maximum absolute atomic E-state index is 12.0. The summed E-state index contributed by atoms with van der Waals surface area (Å²) in [5, 5.41) is 2.12. The van der Waals surface area contributed by atoms with Crippen molar-refractivity contribution in [2.24, 2.45) is 0 Å². The van der Waals surface area contributed by atoms with Crippen molar-refractivity contribution in [3.05, 3.63) is 65.7 Å². The summed E-state index contributed by atoms with van der Waals surface area (Å²) >= 11 is 6.13. The number of hydrogen-bond donors (Lipinski definition) is 1. The van der Waals surface area contributed by atoms with E-state index in [0.717, 1.165) is 16.8 Å². The molecule has 0 aliphatic carbocycles. The number of carbonyl (C=O) groups excluding carboxylic acids is 1. The van der Waals surface area contributed by atoms with Gasteiger partial charge in [0.05, 0.1) is 0 Å². The second kappa shape index (κ2) is 5.69. The Morgan fingerprint density at radius 2 is 1.67 bits per heavy atom. The Bertz CT molecular complexity index is 522. The van der Waals surface area contributed by atoms with Gasteiger partial charge in [0, 0.05) is 5.69 Å². The van der Waals surface area contributed by atoms with E-state index in [1.807, 2.05) is 61.5 Å². The van der Waals surface area contributed by atoms with E-state index in [1.54, 1.807) is 0 Å². The quantitative estimate of drug-likeness (QED) is 0.832. The van der Waals surface area contributed by atoms with Gasteiger partial charge in [-0.3, -0.25) is 4.79 Å². The molecule has 1 atom stereocenters. The van der Waals surface area contributed by atoms with Crippen LogP contribution in [0.4, 0.5) is 5.69 Å². The number of halogens is 1. The number of benzene rings is 2. The summed E-state index contributed by atoms with van der Waals surface area (Å²) in [5.74, 6) is -0.216. The van der Waals surface area contributed by atoms with E-state index in [4.69, 9.17) is 11.6 Å². The van der Waals surface area contributed by atoms with Gasteiger partial charge in [0.15, 0.2) is 0 Å². The fourth-order valence-electron chi connectivity index (χ4n) is 1.62. The lowest BCUT2D eigenvalue weighted by molar-refractivity contribution is -0.116. The second-order valence-electron chi connectivity index (χ2n) is 4.13. The molecule has 2 aromatic rings. The molecule has 92 valence electrons. The monoisotopic (exact) mass is 259 g/mol. The Labute approximate surface area is 112 Å². The predicted octanol–water partition coefficient (Wildman–Crippen LogP) is 3.91. The van der Waals surface area contributed by atoms with Gasteiger partial charge in [0.2, 0.25) is 5.91 Å². The van der Waals surface area contributed by atoms with Crippen molar-refractivity contribution in [2.45, 2.75) is 12.3 Å². The Morgan fingerprint density at radius 1 is 1.06 bits per heavy atom. The van der Waals surface area contributed by atoms with Gasteiger partial charge in [-0.15, -0.1) is 11.6 Å². The van der Waals surface area contributed by atoms with Crippen LogP contribution in [-0.2, 0) is 4.79 Å². The van der Waals surface area contributed by atoms with Crippen molar-refractivity contribution >= 4 is 23.2 Å². The van der Waals surface area contributed by atoms with Crippen LogP contribution in [0.1, 0.15) is 16.5 Å². The van der Waals surface area contributed by atoms with Crippen molar-refractivity contribution < 1.29 is 4.79 Å². The number of rotatable bonds is 3. The Morgan fingerprint density at radius 3 is 2.28 bits per heavy atom. The van der Waals surface area contributed by atoms with Crippen LogP contribution in [0, 0.1) is 6.92 Å². The zero-order valence-electron chi connectivity index (χ0n) is 10.1. The third kappa shape index (κ3) is 3.11. The molecule has 1 amide bonds. The van der Waals surface area contributed by atoms with Gasteiger partial charge in [-0.1, -0.05) is 48.0 Å². The molecule has 2 nitrogen and oxygen atoms in total. The number of anilines is 1. The van der Waals surface area contributed by atoms with E-state index >= 15 is 0 Å². The summed E-state index contributed by atoms with van der Waals surface area (Å²) in [7, 11) is 0. The second-order valence-corrected chi connectivity index (χ2v) is 4.56. The molecule has 0 spiro atoms. The first-order valence-electron chi connectivity index (χ1n) is 5.73. The first-order chi connectivity index (χ1) is 8.66. The molecule has 18 heavy (non-hydrogen) atoms. The lowest BCUT2D eigenvalue weighted by Crippen LogP contribution is -2.17. The van der Waals surface area contributed by atoms with Crippen LogP contribution in [0.5, 0.6) is 0 Å². The summed E-state index contributed by atoms with van der Waals surface area (Å²) in [6.45, 7) is 2.00. The van der Waals surface area contributed by atoms with Crippen LogP contribution >= 0.6 is 11.6 Å². The highest BCUT2D eigenvalue weighted by Gasteiger charge is 2.17. The molecule has 1 unspecified atom stereocenters. The average molecular weight is 260 g/mol. The summed E-state index contributed by atoms with van der Waals surface area (Å²) in [4.78, 5) is 12.0. The van der Waals surface area contributed by atoms with Gasteiger partial charge in [0.1, 0.15) is 5.38 Å². The molecule has 2 aromatic carbocycles. The highest BCUT2D eigenvalue weighted by molar-refractivity contribution is 6.32. The van der Waals surface area contributed by atoms with Crippen molar-refractivity contribution in [1.82, 2.24) is 0 Å². The third-order valence-corrected chi connectivity index (χ3v) is 3.09. The summed E-state index contributed by atoms with van der Waals surface area (Å²) < 4.78 is 0. The van der Waals surface area contributed by atoms with Crippen LogP contribution in [-0.4, -0.2) is 5.91 Å². The number of amides is 1. The van der Waals surface area contributed by atoms with Gasteiger partial charge in [-0.25, -0.2) is 0 Å². The molecule has 0 fully saturated rings. The van der Waals surface area contributed by atoms with E-state index < -0.39 is 5.38 Å². The Kier molecular flexibility index (Phi) is 4.00. The summed E-state index contributed by atoms with van der Waals surface area (Å²) in [6.07, 6.45) is 0. The maximum Gasteiger partial charge on any atom is 0.246 e. The first kappa shape index (κ1) is 12.7. The Hall–Kier alpha value is -1.80. The highest BCUT2D eigenvalue weighted by Crippen LogP contribution is 2.22. The van der Waals surface area contributed by atoms with Crippen LogP contribution < -0.4 is 5.32 Å². The molecule has 0 heterocycles. The molecular formula is C15H14ClNO.